The molecule has 2 fully saturated rings. The van der Waals surface area contributed by atoms with Crippen molar-refractivity contribution in [1.82, 2.24) is 0 Å². The van der Waals surface area contributed by atoms with E-state index in [0.29, 0.717) is 23.4 Å². The minimum atomic E-state index is -0.123. The Bertz CT molecular complexity index is 718. The van der Waals surface area contributed by atoms with E-state index in [0.717, 1.165) is 32.1 Å². The van der Waals surface area contributed by atoms with E-state index >= 15 is 0 Å². The number of aromatic hydroxyl groups is 1. The third kappa shape index (κ3) is 1.27. The Balaban J connectivity index is 1.64. The van der Waals surface area contributed by atoms with Crippen LogP contribution in [0.25, 0.3) is 0 Å². The minimum Gasteiger partial charge on any atom is -0.508 e. The highest BCUT2D eigenvalue weighted by atomic mass is 16.3. The molecule has 1 N–H and O–H groups in total. The van der Waals surface area contributed by atoms with Gasteiger partial charge < -0.3 is 5.11 Å². The molecule has 1 aromatic rings. The van der Waals surface area contributed by atoms with Crippen LogP contribution in [-0.2, 0) is 11.2 Å². The van der Waals surface area contributed by atoms with Gasteiger partial charge in [-0.05, 0) is 67.2 Å². The van der Waals surface area contributed by atoms with Crippen LogP contribution in [0.4, 0.5) is 0 Å². The highest BCUT2D eigenvalue weighted by Gasteiger charge is 2.67. The van der Waals surface area contributed by atoms with Gasteiger partial charge in [-0.3, -0.25) is 4.79 Å². The van der Waals surface area contributed by atoms with Crippen LogP contribution >= 0.6 is 0 Å². The van der Waals surface area contributed by atoms with Gasteiger partial charge in [0.05, 0.1) is 0 Å². The second-order valence-electron chi connectivity index (χ2n) is 8.08. The first-order valence-corrected chi connectivity index (χ1v) is 8.61. The number of phenolic OH excluding ortho intramolecular Hbond substituents is 1. The van der Waals surface area contributed by atoms with Gasteiger partial charge >= 0.3 is 0 Å². The van der Waals surface area contributed by atoms with Gasteiger partial charge in [-0.1, -0.05) is 25.1 Å². The van der Waals surface area contributed by atoms with Crippen LogP contribution in [-0.4, -0.2) is 10.9 Å². The second kappa shape index (κ2) is 3.84. The lowest BCUT2D eigenvalue weighted by atomic mass is 9.47. The maximum Gasteiger partial charge on any atom is 0.146 e. The summed E-state index contributed by atoms with van der Waals surface area (Å²) in [6, 6.07) is 5.91. The zero-order chi connectivity index (χ0) is 15.1. The fourth-order valence-electron chi connectivity index (χ4n) is 6.37. The highest BCUT2D eigenvalue weighted by molar-refractivity contribution is 5.94. The summed E-state index contributed by atoms with van der Waals surface area (Å²) in [4.78, 5) is 12.8. The Morgan fingerprint density at radius 2 is 2.14 bits per heavy atom. The van der Waals surface area contributed by atoms with Crippen LogP contribution in [0.5, 0.6) is 5.75 Å². The van der Waals surface area contributed by atoms with Crippen LogP contribution in [0.15, 0.2) is 30.4 Å². The predicted molar refractivity (Wildman–Crippen MR) is 84.7 cm³/mol. The van der Waals surface area contributed by atoms with Gasteiger partial charge in [-0.15, -0.1) is 0 Å². The monoisotopic (exact) mass is 294 g/mol. The predicted octanol–water partition coefficient (Wildman–Crippen LogP) is 3.98. The standard InChI is InChI=1S/C20H22O2/c1-19-8-7-16-15-4-3-14(21)10-12(15)2-5-17(16)20(19)9-6-13(11-20)18(19)22/h3-4,6,9-10,13,16-17,21H,2,5,7-8,11H2,1H3/t13-,16+,17+,19+,20+/m0/s1. The molecule has 0 radical (unpaired) electrons. The van der Waals surface area contributed by atoms with Crippen molar-refractivity contribution in [2.75, 3.05) is 0 Å². The van der Waals surface area contributed by atoms with Gasteiger partial charge in [-0.25, -0.2) is 0 Å². The molecule has 1 aromatic carbocycles. The second-order valence-corrected chi connectivity index (χ2v) is 8.08. The average molecular weight is 294 g/mol. The summed E-state index contributed by atoms with van der Waals surface area (Å²) in [7, 11) is 0. The lowest BCUT2D eigenvalue weighted by molar-refractivity contribution is -0.135. The zero-order valence-electron chi connectivity index (χ0n) is 13.0. The highest BCUT2D eigenvalue weighted by Crippen LogP contribution is 2.71. The zero-order valence-corrected chi connectivity index (χ0v) is 13.0. The maximum atomic E-state index is 12.8. The molecular weight excluding hydrogens is 272 g/mol. The molecule has 2 bridgehead atoms. The summed E-state index contributed by atoms with van der Waals surface area (Å²) >= 11 is 0. The Labute approximate surface area is 131 Å². The van der Waals surface area contributed by atoms with E-state index in [2.05, 4.69) is 25.1 Å². The third-order valence-corrected chi connectivity index (χ3v) is 7.44. The lowest BCUT2D eigenvalue weighted by Gasteiger charge is -2.55. The molecule has 0 aromatic heterocycles. The number of aryl methyl sites for hydroxylation is 1. The largest absolute Gasteiger partial charge is 0.508 e. The molecule has 4 aliphatic rings. The van der Waals surface area contributed by atoms with E-state index in [1.807, 2.05) is 12.1 Å². The number of hydrogen-bond acceptors (Lipinski definition) is 2. The van der Waals surface area contributed by atoms with E-state index < -0.39 is 0 Å². The van der Waals surface area contributed by atoms with Gasteiger partial charge in [0.1, 0.15) is 11.5 Å². The molecular formula is C20H22O2. The molecule has 5 rings (SSSR count). The van der Waals surface area contributed by atoms with Gasteiger partial charge in [-0.2, -0.15) is 0 Å². The smallest absolute Gasteiger partial charge is 0.146 e. The molecule has 2 nitrogen and oxygen atoms in total. The van der Waals surface area contributed by atoms with Crippen molar-refractivity contribution in [2.24, 2.45) is 22.7 Å². The fraction of sp³-hybridized carbons (Fsp3) is 0.550. The number of carbonyl (C=O) groups excluding carboxylic acids is 1. The number of hydrogen-bond donors (Lipinski definition) is 1. The molecule has 0 unspecified atom stereocenters. The van der Waals surface area contributed by atoms with Crippen LogP contribution in [0.1, 0.15) is 49.7 Å². The first-order chi connectivity index (χ1) is 10.6. The number of benzene rings is 1. The SMILES string of the molecule is C[C@]12CC[C@@H]3c4ccc(O)cc4CC[C@H]3[C@]13C=C[C@@H](C3)C2=O. The van der Waals surface area contributed by atoms with Crippen molar-refractivity contribution in [2.45, 2.75) is 44.9 Å². The molecule has 0 saturated heterocycles. The summed E-state index contributed by atoms with van der Waals surface area (Å²) in [5, 5.41) is 9.76. The summed E-state index contributed by atoms with van der Waals surface area (Å²) in [5.41, 5.74) is 2.74. The van der Waals surface area contributed by atoms with Crippen LogP contribution in [0.3, 0.4) is 0 Å². The van der Waals surface area contributed by atoms with E-state index in [1.54, 1.807) is 0 Å². The minimum absolute atomic E-state index is 0.104. The van der Waals surface area contributed by atoms with Gasteiger partial charge in [0.15, 0.2) is 0 Å². The molecule has 4 aliphatic carbocycles. The fourth-order valence-corrected chi connectivity index (χ4v) is 6.37. The van der Waals surface area contributed by atoms with Crippen molar-refractivity contribution in [3.8, 4) is 5.75 Å². The molecule has 2 saturated carbocycles. The van der Waals surface area contributed by atoms with Crippen molar-refractivity contribution < 1.29 is 9.90 Å². The van der Waals surface area contributed by atoms with Crippen LogP contribution in [0.2, 0.25) is 0 Å². The summed E-state index contributed by atoms with van der Waals surface area (Å²) in [5.74, 6) is 2.23. The molecule has 2 heteroatoms. The number of phenols is 1. The normalized spacial score (nSPS) is 44.6. The van der Waals surface area contributed by atoms with Crippen LogP contribution < -0.4 is 0 Å². The number of carbonyl (C=O) groups is 1. The molecule has 5 atom stereocenters. The van der Waals surface area contributed by atoms with Crippen LogP contribution in [0, 0.1) is 22.7 Å². The van der Waals surface area contributed by atoms with Crippen molar-refractivity contribution in [3.05, 3.63) is 41.5 Å². The lowest BCUT2D eigenvalue weighted by Crippen LogP contribution is -2.51. The quantitative estimate of drug-likeness (QED) is 0.735. The van der Waals surface area contributed by atoms with E-state index in [1.165, 1.54) is 11.1 Å². The van der Waals surface area contributed by atoms with Crippen molar-refractivity contribution in [1.29, 1.82) is 0 Å². The number of allylic oxidation sites excluding steroid dienone is 2. The molecule has 0 heterocycles. The Morgan fingerprint density at radius 1 is 1.27 bits per heavy atom. The number of fused-ring (bicyclic) bond motifs is 4. The summed E-state index contributed by atoms with van der Waals surface area (Å²) < 4.78 is 0. The summed E-state index contributed by atoms with van der Waals surface area (Å²) in [6.07, 6.45) is 9.99. The number of rotatable bonds is 0. The van der Waals surface area contributed by atoms with E-state index in [9.17, 15) is 9.90 Å². The molecule has 114 valence electrons. The summed E-state index contributed by atoms with van der Waals surface area (Å²) in [6.45, 7) is 2.24. The van der Waals surface area contributed by atoms with Gasteiger partial charge in [0.2, 0.25) is 0 Å². The molecule has 1 spiro atoms. The number of Topliss-reactive ketones (excluding diaryl/α,β-unsaturated/α-hetero) is 1. The van der Waals surface area contributed by atoms with Gasteiger partial charge in [0.25, 0.3) is 0 Å². The van der Waals surface area contributed by atoms with Crippen molar-refractivity contribution >= 4 is 5.78 Å². The van der Waals surface area contributed by atoms with Crippen molar-refractivity contribution in [3.63, 3.8) is 0 Å². The molecule has 0 amide bonds. The Kier molecular flexibility index (Phi) is 2.26. The average Bonchev–Trinajstić information content (AvgIpc) is 3.04. The maximum absolute atomic E-state index is 12.8. The molecule has 0 aliphatic heterocycles. The first kappa shape index (κ1) is 12.9. The van der Waals surface area contributed by atoms with E-state index in [4.69, 9.17) is 0 Å². The Hall–Kier alpha value is -1.57. The van der Waals surface area contributed by atoms with E-state index in [-0.39, 0.29) is 16.7 Å². The third-order valence-electron chi connectivity index (χ3n) is 7.44. The topological polar surface area (TPSA) is 37.3 Å². The Morgan fingerprint density at radius 3 is 3.00 bits per heavy atom. The first-order valence-electron chi connectivity index (χ1n) is 8.61. The van der Waals surface area contributed by atoms with Gasteiger partial charge in [0, 0.05) is 16.7 Å². The molecule has 22 heavy (non-hydrogen) atoms. The number of ketones is 1.